The lowest BCUT2D eigenvalue weighted by atomic mass is 10.4. The average Bonchev–Trinajstić information content (AvgIpc) is 2.74. The van der Waals surface area contributed by atoms with Gasteiger partial charge in [-0.25, -0.2) is 4.79 Å². The lowest BCUT2D eigenvalue weighted by Crippen LogP contribution is -2.36. The second-order valence-corrected chi connectivity index (χ2v) is 3.69. The number of nitrogens with zero attached hydrogens (tertiary/aromatic N) is 3. The molecule has 0 bridgehead atoms. The molecule has 1 rings (SSSR count). The van der Waals surface area contributed by atoms with Crippen LogP contribution in [0.15, 0.2) is 6.33 Å². The molecule has 0 fully saturated rings. The van der Waals surface area contributed by atoms with E-state index >= 15 is 0 Å². The Bertz CT molecular complexity index is 404. The summed E-state index contributed by atoms with van der Waals surface area (Å²) >= 11 is 0. The fourth-order valence-corrected chi connectivity index (χ4v) is 1.35. The van der Waals surface area contributed by atoms with Gasteiger partial charge < -0.3 is 20.3 Å². The number of carboxylic acids is 1. The quantitative estimate of drug-likeness (QED) is 0.633. The van der Waals surface area contributed by atoms with E-state index in [9.17, 15) is 9.59 Å². The van der Waals surface area contributed by atoms with Gasteiger partial charge in [-0.1, -0.05) is 6.92 Å². The third-order valence-electron chi connectivity index (χ3n) is 2.19. The molecule has 8 nitrogen and oxygen atoms in total. The zero-order valence-electron chi connectivity index (χ0n) is 10.2. The highest BCUT2D eigenvalue weighted by atomic mass is 16.4. The Balaban J connectivity index is 2.29. The second kappa shape index (κ2) is 7.25. The third-order valence-corrected chi connectivity index (χ3v) is 2.19. The summed E-state index contributed by atoms with van der Waals surface area (Å²) in [7, 11) is 0. The topological polar surface area (TPSA) is 109 Å². The number of carboxylic acid groups (broad SMARTS) is 1. The molecule has 0 unspecified atom stereocenters. The fraction of sp³-hybridized carbons (Fsp3) is 0.600. The van der Waals surface area contributed by atoms with Gasteiger partial charge in [0, 0.05) is 13.1 Å². The highest BCUT2D eigenvalue weighted by Gasteiger charge is 2.06. The molecule has 0 aromatic carbocycles. The summed E-state index contributed by atoms with van der Waals surface area (Å²) < 4.78 is 1.86. The molecule has 1 heterocycles. The first-order valence-corrected chi connectivity index (χ1v) is 5.73. The normalized spacial score (nSPS) is 10.1. The van der Waals surface area contributed by atoms with E-state index in [-0.39, 0.29) is 19.5 Å². The second-order valence-electron chi connectivity index (χ2n) is 3.69. The van der Waals surface area contributed by atoms with E-state index in [1.165, 1.54) is 0 Å². The maximum absolute atomic E-state index is 11.3. The third kappa shape index (κ3) is 4.81. The van der Waals surface area contributed by atoms with Gasteiger partial charge >= 0.3 is 12.0 Å². The van der Waals surface area contributed by atoms with E-state index in [1.54, 1.807) is 6.33 Å². The van der Waals surface area contributed by atoms with Crippen molar-refractivity contribution in [3.63, 3.8) is 0 Å². The molecule has 0 spiro atoms. The first-order valence-electron chi connectivity index (χ1n) is 5.73. The molecule has 3 N–H and O–H groups in total. The van der Waals surface area contributed by atoms with Crippen molar-refractivity contribution in [3.05, 3.63) is 12.2 Å². The van der Waals surface area contributed by atoms with Gasteiger partial charge in [0.15, 0.2) is 5.82 Å². The van der Waals surface area contributed by atoms with Crippen LogP contribution in [-0.4, -0.2) is 38.4 Å². The lowest BCUT2D eigenvalue weighted by Gasteiger charge is -2.07. The molecule has 1 aromatic rings. The van der Waals surface area contributed by atoms with Gasteiger partial charge in [-0.2, -0.15) is 0 Å². The molecule has 0 aliphatic rings. The summed E-state index contributed by atoms with van der Waals surface area (Å²) in [5.74, 6) is -0.275. The molecule has 18 heavy (non-hydrogen) atoms. The molecule has 1 aromatic heterocycles. The standard InChI is InChI=1S/C10H17N5O3/c1-2-5-15-7-13-14-8(15)6-12-10(18)11-4-3-9(16)17/h7H,2-6H2,1H3,(H,16,17)(H2,11,12,18). The van der Waals surface area contributed by atoms with Crippen LogP contribution in [0, 0.1) is 0 Å². The summed E-state index contributed by atoms with van der Waals surface area (Å²) in [6.07, 6.45) is 2.47. The van der Waals surface area contributed by atoms with E-state index in [2.05, 4.69) is 20.8 Å². The van der Waals surface area contributed by atoms with Crippen molar-refractivity contribution in [1.82, 2.24) is 25.4 Å². The van der Waals surface area contributed by atoms with E-state index in [0.29, 0.717) is 5.82 Å². The Labute approximate surface area is 104 Å². The van der Waals surface area contributed by atoms with Crippen LogP contribution in [0.2, 0.25) is 0 Å². The van der Waals surface area contributed by atoms with Crippen molar-refractivity contribution in [2.75, 3.05) is 6.54 Å². The Kier molecular flexibility index (Phi) is 5.62. The zero-order chi connectivity index (χ0) is 13.4. The number of hydrogen-bond acceptors (Lipinski definition) is 4. The molecule has 0 saturated heterocycles. The molecular formula is C10H17N5O3. The number of aromatic nitrogens is 3. The number of urea groups is 1. The SMILES string of the molecule is CCCn1cnnc1CNC(=O)NCCC(=O)O. The first-order chi connectivity index (χ1) is 8.63. The van der Waals surface area contributed by atoms with Crippen molar-refractivity contribution in [3.8, 4) is 0 Å². The van der Waals surface area contributed by atoms with Crippen molar-refractivity contribution < 1.29 is 14.7 Å². The number of aryl methyl sites for hydroxylation is 1. The summed E-state index contributed by atoms with van der Waals surface area (Å²) in [4.78, 5) is 21.6. The van der Waals surface area contributed by atoms with Gasteiger partial charge in [0.2, 0.25) is 0 Å². The molecule has 8 heteroatoms. The van der Waals surface area contributed by atoms with Crippen LogP contribution in [0.1, 0.15) is 25.6 Å². The predicted octanol–water partition coefficient (Wildman–Crippen LogP) is -0.0380. The van der Waals surface area contributed by atoms with Gasteiger partial charge in [-0.15, -0.1) is 10.2 Å². The number of hydrogen-bond donors (Lipinski definition) is 3. The molecule has 0 aliphatic heterocycles. The monoisotopic (exact) mass is 255 g/mol. The Hall–Kier alpha value is -2.12. The van der Waals surface area contributed by atoms with Gasteiger partial charge in [-0.3, -0.25) is 4.79 Å². The maximum Gasteiger partial charge on any atom is 0.315 e. The Morgan fingerprint density at radius 3 is 2.89 bits per heavy atom. The van der Waals surface area contributed by atoms with E-state index in [4.69, 9.17) is 5.11 Å². The van der Waals surface area contributed by atoms with Crippen molar-refractivity contribution in [2.45, 2.75) is 32.9 Å². The summed E-state index contributed by atoms with van der Waals surface area (Å²) in [5, 5.41) is 21.1. The maximum atomic E-state index is 11.3. The molecule has 0 radical (unpaired) electrons. The minimum absolute atomic E-state index is 0.0978. The summed E-state index contributed by atoms with van der Waals surface area (Å²) in [6.45, 7) is 3.20. The number of amides is 2. The molecule has 2 amide bonds. The predicted molar refractivity (Wildman–Crippen MR) is 62.8 cm³/mol. The largest absolute Gasteiger partial charge is 0.481 e. The highest BCUT2D eigenvalue weighted by molar-refractivity contribution is 5.74. The van der Waals surface area contributed by atoms with E-state index in [0.717, 1.165) is 13.0 Å². The highest BCUT2D eigenvalue weighted by Crippen LogP contribution is 1.96. The molecule has 0 atom stereocenters. The van der Waals surface area contributed by atoms with E-state index in [1.807, 2.05) is 11.5 Å². The Morgan fingerprint density at radius 1 is 1.44 bits per heavy atom. The molecule has 0 saturated carbocycles. The van der Waals surface area contributed by atoms with Gasteiger partial charge in [0.1, 0.15) is 6.33 Å². The van der Waals surface area contributed by atoms with Crippen molar-refractivity contribution in [2.24, 2.45) is 0 Å². The molecular weight excluding hydrogens is 238 g/mol. The van der Waals surface area contributed by atoms with Crippen LogP contribution in [0.25, 0.3) is 0 Å². The van der Waals surface area contributed by atoms with Gasteiger partial charge in [0.25, 0.3) is 0 Å². The van der Waals surface area contributed by atoms with Crippen LogP contribution in [0.3, 0.4) is 0 Å². The number of aliphatic carboxylic acids is 1. The molecule has 100 valence electrons. The smallest absolute Gasteiger partial charge is 0.315 e. The van der Waals surface area contributed by atoms with E-state index < -0.39 is 12.0 Å². The minimum atomic E-state index is -0.946. The van der Waals surface area contributed by atoms with Crippen molar-refractivity contribution >= 4 is 12.0 Å². The van der Waals surface area contributed by atoms with Crippen LogP contribution >= 0.6 is 0 Å². The Morgan fingerprint density at radius 2 is 2.22 bits per heavy atom. The van der Waals surface area contributed by atoms with Crippen molar-refractivity contribution in [1.29, 1.82) is 0 Å². The number of nitrogens with one attached hydrogen (secondary N) is 2. The van der Waals surface area contributed by atoms with Crippen LogP contribution < -0.4 is 10.6 Å². The average molecular weight is 255 g/mol. The number of carbonyl (C=O) groups is 2. The first kappa shape index (κ1) is 13.9. The lowest BCUT2D eigenvalue weighted by molar-refractivity contribution is -0.136. The summed E-state index contributed by atoms with van der Waals surface area (Å²) in [6, 6.07) is -0.415. The van der Waals surface area contributed by atoms with Crippen LogP contribution in [0.4, 0.5) is 4.79 Å². The molecule has 0 aliphatic carbocycles. The van der Waals surface area contributed by atoms with Gasteiger partial charge in [0.05, 0.1) is 13.0 Å². The number of carbonyl (C=O) groups excluding carboxylic acids is 1. The zero-order valence-corrected chi connectivity index (χ0v) is 10.2. The van der Waals surface area contributed by atoms with Crippen LogP contribution in [0.5, 0.6) is 0 Å². The van der Waals surface area contributed by atoms with Crippen LogP contribution in [-0.2, 0) is 17.9 Å². The minimum Gasteiger partial charge on any atom is -0.481 e. The fourth-order valence-electron chi connectivity index (χ4n) is 1.35. The van der Waals surface area contributed by atoms with Gasteiger partial charge in [-0.05, 0) is 6.42 Å². The summed E-state index contributed by atoms with van der Waals surface area (Å²) in [5.41, 5.74) is 0. The number of rotatable bonds is 7.